The first-order chi connectivity index (χ1) is 30.8. The summed E-state index contributed by atoms with van der Waals surface area (Å²) < 4.78 is 55.2. The molecule has 6 heterocycles. The lowest BCUT2D eigenvalue weighted by molar-refractivity contribution is -0.228. The average molecular weight is 923 g/mol. The lowest BCUT2D eigenvalue weighted by atomic mass is 9.46. The minimum Gasteiger partial charge on any atom is -0.497 e. The van der Waals surface area contributed by atoms with Gasteiger partial charge in [0.2, 0.25) is 12.0 Å². The Balaban J connectivity index is 0.00000109. The SMILES string of the molecule is CC[C@]1(O)CC2CN(CCc3c([nH]c4ccccc34)[C@@](C(=O)OC)(c3cc(OC)cc4c3[C@@]35CCN6CC=C[C@@](CC)([C@@H](OC(C)=O)[C@](O)(C(=O)OC)[C@@H]3N4C=O)[C@H]65)C2)C1.O=S(=O)(O)O. The third-order valence-electron chi connectivity index (χ3n) is 15.5. The molecule has 65 heavy (non-hydrogen) atoms. The fraction of sp³-hybridized carbons (Fsp3) is 0.565. The van der Waals surface area contributed by atoms with E-state index in [1.165, 1.54) is 33.2 Å². The highest BCUT2D eigenvalue weighted by molar-refractivity contribution is 7.79. The molecule has 3 aromatic rings. The van der Waals surface area contributed by atoms with Gasteiger partial charge in [0.25, 0.3) is 0 Å². The quantitative estimate of drug-likeness (QED) is 0.0717. The Hall–Kier alpha value is -4.89. The van der Waals surface area contributed by atoms with E-state index in [-0.39, 0.29) is 12.3 Å². The number of amides is 1. The van der Waals surface area contributed by atoms with Gasteiger partial charge in [-0.25, -0.2) is 4.79 Å². The van der Waals surface area contributed by atoms with Crippen molar-refractivity contribution in [2.45, 2.75) is 99.5 Å². The molecule has 2 aromatic carbocycles. The van der Waals surface area contributed by atoms with Crippen LogP contribution in [0.5, 0.6) is 5.75 Å². The van der Waals surface area contributed by atoms with E-state index in [4.69, 9.17) is 36.5 Å². The highest BCUT2D eigenvalue weighted by Gasteiger charge is 2.81. The number of piperidine rings is 1. The molecule has 1 spiro atoms. The lowest BCUT2D eigenvalue weighted by Crippen LogP contribution is -2.81. The molecule has 9 rings (SSSR count). The third kappa shape index (κ3) is 6.90. The summed E-state index contributed by atoms with van der Waals surface area (Å²) in [6, 6.07) is 9.73. The van der Waals surface area contributed by atoms with Crippen molar-refractivity contribution < 1.29 is 65.9 Å². The molecule has 2 bridgehead atoms. The topological polar surface area (TPSA) is 246 Å². The number of aliphatic hydroxyl groups is 2. The van der Waals surface area contributed by atoms with Crippen LogP contribution >= 0.6 is 0 Å². The molecule has 3 fully saturated rings. The zero-order valence-corrected chi connectivity index (χ0v) is 38.2. The molecular formula is C46H58N4O14S. The Labute approximate surface area is 377 Å². The number of aromatic amines is 1. The second-order valence-electron chi connectivity index (χ2n) is 18.6. The van der Waals surface area contributed by atoms with Crippen LogP contribution in [-0.4, -0.2) is 150 Å². The van der Waals surface area contributed by atoms with Crippen molar-refractivity contribution in [3.8, 4) is 5.75 Å². The number of ether oxygens (including phenoxy) is 4. The monoisotopic (exact) mass is 922 g/mol. The number of para-hydroxylation sites is 1. The molecule has 2 saturated heterocycles. The first-order valence-corrected chi connectivity index (χ1v) is 23.4. The molecule has 5 aliphatic heterocycles. The Bertz CT molecular complexity index is 2560. The molecule has 1 amide bonds. The van der Waals surface area contributed by atoms with Crippen molar-refractivity contribution in [2.75, 3.05) is 59.0 Å². The number of rotatable bonds is 8. The van der Waals surface area contributed by atoms with Gasteiger partial charge in [-0.3, -0.25) is 33.3 Å². The van der Waals surface area contributed by atoms with Gasteiger partial charge >= 0.3 is 28.3 Å². The number of H-pyrrole nitrogens is 1. The highest BCUT2D eigenvalue weighted by Crippen LogP contribution is 2.69. The van der Waals surface area contributed by atoms with Crippen LogP contribution in [0, 0.1) is 11.3 Å². The van der Waals surface area contributed by atoms with Crippen molar-refractivity contribution >= 4 is 51.3 Å². The molecule has 1 aromatic heterocycles. The van der Waals surface area contributed by atoms with E-state index < -0.39 is 73.9 Å². The summed E-state index contributed by atoms with van der Waals surface area (Å²) in [7, 11) is -0.583. The maximum atomic E-state index is 15.6. The molecule has 0 radical (unpaired) electrons. The van der Waals surface area contributed by atoms with Crippen molar-refractivity contribution in [1.29, 1.82) is 0 Å². The zero-order valence-electron chi connectivity index (χ0n) is 37.4. The summed E-state index contributed by atoms with van der Waals surface area (Å²) in [5.41, 5.74) is -3.58. The van der Waals surface area contributed by atoms with Crippen LogP contribution in [0.15, 0.2) is 48.6 Å². The van der Waals surface area contributed by atoms with Crippen LogP contribution in [0.3, 0.4) is 0 Å². The molecule has 2 unspecified atom stereocenters. The number of carbonyl (C=O) groups is 4. The second-order valence-corrected chi connectivity index (χ2v) is 19.4. The van der Waals surface area contributed by atoms with Crippen molar-refractivity contribution in [1.82, 2.24) is 14.8 Å². The number of esters is 3. The summed E-state index contributed by atoms with van der Waals surface area (Å²) in [6.45, 7) is 8.03. The maximum absolute atomic E-state index is 15.6. The van der Waals surface area contributed by atoms with Crippen LogP contribution < -0.4 is 9.64 Å². The molecular weight excluding hydrogens is 865 g/mol. The summed E-state index contributed by atoms with van der Waals surface area (Å²) in [4.78, 5) is 67.0. The molecule has 352 valence electrons. The average Bonchev–Trinajstić information content (AvgIpc) is 3.95. The van der Waals surface area contributed by atoms with Crippen LogP contribution in [0.1, 0.15) is 75.3 Å². The minimum atomic E-state index is -4.67. The van der Waals surface area contributed by atoms with Gasteiger partial charge in [0.05, 0.1) is 38.7 Å². The molecule has 19 heteroatoms. The Morgan fingerprint density at radius 2 is 1.68 bits per heavy atom. The largest absolute Gasteiger partial charge is 0.497 e. The summed E-state index contributed by atoms with van der Waals surface area (Å²) in [6.07, 6.45) is 5.61. The molecule has 10 atom stereocenters. The van der Waals surface area contributed by atoms with Gasteiger partial charge in [0.15, 0.2) is 6.10 Å². The Morgan fingerprint density at radius 3 is 2.31 bits per heavy atom. The molecule has 1 saturated carbocycles. The predicted molar refractivity (Wildman–Crippen MR) is 235 cm³/mol. The number of carbonyl (C=O) groups excluding carboxylic acids is 4. The van der Waals surface area contributed by atoms with Crippen molar-refractivity contribution in [3.63, 3.8) is 0 Å². The standard InChI is InChI=1S/C46H56N4O10.H2O4S/c1-7-42(55)22-28-23-45(40(53)58-5,36-31(14-18-48(24-28)25-42)30-12-9-10-13-33(30)47-36)32-20-29(57-4)21-34-35(32)44-16-19-49-17-11-15-43(8-2,37(44)49)39(60-27(3)52)46(56,41(54)59-6)38(44)50(34)26-51;1-5(2,3)4/h9-13,15,20-21,26,28,37-39,47,55-56H,7-8,14,16-19,22-25H2,1-6H3;(H2,1,2,3,4)/t28?,37-,38+,39+,42-,43+,44+,45-,46-;/m0./s1. The highest BCUT2D eigenvalue weighted by atomic mass is 32.3. The van der Waals surface area contributed by atoms with Crippen molar-refractivity contribution in [2.24, 2.45) is 11.3 Å². The first-order valence-electron chi connectivity index (χ1n) is 22.0. The van der Waals surface area contributed by atoms with Crippen LogP contribution in [-0.2, 0) is 61.0 Å². The van der Waals surface area contributed by atoms with Gasteiger partial charge in [0, 0.05) is 72.6 Å². The van der Waals surface area contributed by atoms with Gasteiger partial charge in [-0.2, -0.15) is 8.42 Å². The predicted octanol–water partition coefficient (Wildman–Crippen LogP) is 2.86. The molecule has 1 aliphatic carbocycles. The molecule has 5 N–H and O–H groups in total. The van der Waals surface area contributed by atoms with E-state index in [2.05, 4.69) is 20.9 Å². The molecule has 6 aliphatic rings. The van der Waals surface area contributed by atoms with Crippen molar-refractivity contribution in [3.05, 3.63) is 70.9 Å². The zero-order chi connectivity index (χ0) is 47.1. The minimum absolute atomic E-state index is 0.196. The number of aromatic nitrogens is 1. The fourth-order valence-corrected chi connectivity index (χ4v) is 13.4. The van der Waals surface area contributed by atoms with Crippen LogP contribution in [0.2, 0.25) is 0 Å². The number of nitrogens with one attached hydrogen (secondary N) is 1. The summed E-state index contributed by atoms with van der Waals surface area (Å²) in [5, 5.41) is 26.5. The number of anilines is 1. The number of nitrogens with zero attached hydrogens (tertiary/aromatic N) is 3. The Morgan fingerprint density at radius 1 is 0.969 bits per heavy atom. The van der Waals surface area contributed by atoms with E-state index >= 15 is 4.79 Å². The number of fused-ring (bicyclic) bond motifs is 6. The van der Waals surface area contributed by atoms with Gasteiger partial charge in [0.1, 0.15) is 11.2 Å². The van der Waals surface area contributed by atoms with E-state index in [1.807, 2.05) is 50.3 Å². The Kier molecular flexibility index (Phi) is 11.8. The molecule has 18 nitrogen and oxygen atoms in total. The number of methoxy groups -OCH3 is 3. The third-order valence-corrected chi connectivity index (χ3v) is 15.5. The second kappa shape index (κ2) is 16.5. The van der Waals surface area contributed by atoms with E-state index in [0.29, 0.717) is 99.5 Å². The smallest absolute Gasteiger partial charge is 0.394 e. The first kappa shape index (κ1) is 46.6. The van der Waals surface area contributed by atoms with E-state index in [0.717, 1.165) is 16.5 Å². The normalized spacial score (nSPS) is 34.6. The van der Waals surface area contributed by atoms with Gasteiger partial charge in [-0.05, 0) is 79.8 Å². The lowest BCUT2D eigenvalue weighted by Gasteiger charge is -2.63. The van der Waals surface area contributed by atoms with E-state index in [9.17, 15) is 24.6 Å². The fourth-order valence-electron chi connectivity index (χ4n) is 13.4. The van der Waals surface area contributed by atoms with Gasteiger partial charge in [-0.15, -0.1) is 0 Å². The van der Waals surface area contributed by atoms with E-state index in [1.54, 1.807) is 6.07 Å². The number of hydrogen-bond acceptors (Lipinski definition) is 14. The van der Waals surface area contributed by atoms with Crippen LogP contribution in [0.25, 0.3) is 10.9 Å². The summed E-state index contributed by atoms with van der Waals surface area (Å²) in [5.74, 6) is -2.12. The van der Waals surface area contributed by atoms with Gasteiger partial charge < -0.3 is 39.0 Å². The number of hydrogen-bond donors (Lipinski definition) is 5. The maximum Gasteiger partial charge on any atom is 0.394 e. The number of benzene rings is 2. The summed E-state index contributed by atoms with van der Waals surface area (Å²) >= 11 is 0. The van der Waals surface area contributed by atoms with Gasteiger partial charge in [-0.1, -0.05) is 44.2 Å². The van der Waals surface area contributed by atoms with Crippen LogP contribution in [0.4, 0.5) is 5.69 Å².